The first-order valence-corrected chi connectivity index (χ1v) is 5.59. The number of rotatable bonds is 9. The van der Waals surface area contributed by atoms with Gasteiger partial charge in [0, 0.05) is 0 Å². The van der Waals surface area contributed by atoms with Crippen molar-refractivity contribution in [1.29, 1.82) is 0 Å². The van der Waals surface area contributed by atoms with E-state index in [-0.39, 0.29) is 114 Å². The van der Waals surface area contributed by atoms with Gasteiger partial charge < -0.3 is 64.8 Å². The molecule has 0 heterocycles. The Morgan fingerprint density at radius 3 is 0.960 bits per heavy atom. The van der Waals surface area contributed by atoms with Crippen LogP contribution in [0, 0.1) is 0 Å². The topological polar surface area (TPSA) is 361 Å². The van der Waals surface area contributed by atoms with Gasteiger partial charge in [-0.1, -0.05) is 58.3 Å². The van der Waals surface area contributed by atoms with Gasteiger partial charge in [-0.05, 0) is 0 Å². The molecule has 0 aromatic rings. The minimum absolute atomic E-state index is 0. The molecule has 0 amide bonds. The summed E-state index contributed by atoms with van der Waals surface area (Å²) in [5.41, 5.74) is 0. The van der Waals surface area contributed by atoms with E-state index in [9.17, 15) is 10.0 Å². The molecule has 0 aliphatic heterocycles. The van der Waals surface area contributed by atoms with Crippen LogP contribution in [-0.4, -0.2) is 61.9 Å². The quantitative estimate of drug-likeness (QED) is 0.264. The van der Waals surface area contributed by atoms with Crippen LogP contribution in [0.2, 0.25) is 6.32 Å². The summed E-state index contributed by atoms with van der Waals surface area (Å²) in [7, 11) is -1.60. The SMILES string of the molecule is CCCCCCCCCCB([O-])[O-].O.O.O.O.O.O.O.O.O.O.[Na+].[Na+]. The molecular formula is C10H41BNa2O12. The predicted octanol–water partition coefficient (Wildman–Crippen LogP) is -12.9. The van der Waals surface area contributed by atoms with E-state index in [1.807, 2.05) is 0 Å². The van der Waals surface area contributed by atoms with Gasteiger partial charge in [-0.2, -0.15) is 0 Å². The van der Waals surface area contributed by atoms with E-state index in [0.29, 0.717) is 6.32 Å². The fourth-order valence-corrected chi connectivity index (χ4v) is 1.44. The standard InChI is InChI=1S/C10H21BO2.2Na.10H2O/c1-2-3-4-5-6-7-8-9-10-11(12)13;;;;;;;;;;;;/h2-10H2,1H3;;;10*1H2/q-2;2*+1;;;;;;;;;;. The summed E-state index contributed by atoms with van der Waals surface area (Å²) in [5.74, 6) is 0. The maximum Gasteiger partial charge on any atom is 1.00 e. The van der Waals surface area contributed by atoms with E-state index >= 15 is 0 Å². The van der Waals surface area contributed by atoms with Crippen LogP contribution in [0.25, 0.3) is 0 Å². The van der Waals surface area contributed by atoms with E-state index in [0.717, 1.165) is 12.8 Å². The normalized spacial score (nSPS) is 5.40. The van der Waals surface area contributed by atoms with Crippen LogP contribution in [0.1, 0.15) is 58.3 Å². The largest absolute Gasteiger partial charge is 1.00 e. The second-order valence-corrected chi connectivity index (χ2v) is 3.69. The van der Waals surface area contributed by atoms with Crippen molar-refractivity contribution >= 4 is 7.12 Å². The van der Waals surface area contributed by atoms with Crippen molar-refractivity contribution in [1.82, 2.24) is 0 Å². The van der Waals surface area contributed by atoms with Crippen LogP contribution < -0.4 is 69.2 Å². The van der Waals surface area contributed by atoms with Gasteiger partial charge in [0.15, 0.2) is 0 Å². The van der Waals surface area contributed by atoms with Crippen molar-refractivity contribution < 1.29 is 124 Å². The summed E-state index contributed by atoms with van der Waals surface area (Å²) >= 11 is 0. The summed E-state index contributed by atoms with van der Waals surface area (Å²) in [6, 6.07) is 0. The Kier molecular flexibility index (Phi) is 316. The van der Waals surface area contributed by atoms with Crippen LogP contribution in [0.3, 0.4) is 0 Å². The van der Waals surface area contributed by atoms with Crippen LogP contribution in [-0.2, 0) is 0 Å². The van der Waals surface area contributed by atoms with E-state index in [1.165, 1.54) is 38.5 Å². The van der Waals surface area contributed by atoms with E-state index in [1.54, 1.807) is 0 Å². The molecule has 0 radical (unpaired) electrons. The predicted molar refractivity (Wildman–Crippen MR) is 89.3 cm³/mol. The number of hydrogen-bond acceptors (Lipinski definition) is 2. The number of hydrogen-bond donors (Lipinski definition) is 0. The molecule has 0 saturated carbocycles. The van der Waals surface area contributed by atoms with Crippen molar-refractivity contribution in [3.05, 3.63) is 0 Å². The van der Waals surface area contributed by atoms with Gasteiger partial charge in [-0.25, -0.2) is 0 Å². The summed E-state index contributed by atoms with van der Waals surface area (Å²) in [6.45, 7) is 2.21. The maximum atomic E-state index is 10.1. The molecule has 0 aliphatic carbocycles. The zero-order valence-corrected chi connectivity index (χ0v) is 19.8. The van der Waals surface area contributed by atoms with Crippen LogP contribution in [0.5, 0.6) is 0 Å². The second kappa shape index (κ2) is 83.8. The first-order chi connectivity index (χ1) is 6.27. The van der Waals surface area contributed by atoms with Gasteiger partial charge in [-0.15, -0.1) is 13.4 Å². The Morgan fingerprint density at radius 1 is 0.480 bits per heavy atom. The second-order valence-electron chi connectivity index (χ2n) is 3.69. The van der Waals surface area contributed by atoms with Crippen LogP contribution in [0.4, 0.5) is 0 Å². The number of unbranched alkanes of at least 4 members (excludes halogenated alkanes) is 7. The molecule has 25 heavy (non-hydrogen) atoms. The van der Waals surface area contributed by atoms with E-state index < -0.39 is 7.12 Å². The Balaban J connectivity index is -0.0000000109. The molecule has 12 nitrogen and oxygen atoms in total. The molecule has 158 valence electrons. The van der Waals surface area contributed by atoms with Crippen molar-refractivity contribution in [3.8, 4) is 0 Å². The molecule has 0 unspecified atom stereocenters. The zero-order chi connectivity index (χ0) is 9.94. The molecule has 0 fully saturated rings. The molecule has 0 aromatic carbocycles. The Bertz CT molecular complexity index is 122. The average Bonchev–Trinajstić information content (AvgIpc) is 2.09. The smallest absolute Gasteiger partial charge is 0.893 e. The Morgan fingerprint density at radius 2 is 0.720 bits per heavy atom. The average molecular weight is 410 g/mol. The first-order valence-electron chi connectivity index (χ1n) is 5.59. The Labute approximate surface area is 194 Å². The van der Waals surface area contributed by atoms with Crippen LogP contribution in [0.15, 0.2) is 0 Å². The molecule has 15 heteroatoms. The van der Waals surface area contributed by atoms with Gasteiger partial charge in [0.2, 0.25) is 0 Å². The van der Waals surface area contributed by atoms with Gasteiger partial charge >= 0.3 is 59.1 Å². The van der Waals surface area contributed by atoms with Crippen molar-refractivity contribution in [2.24, 2.45) is 0 Å². The van der Waals surface area contributed by atoms with Gasteiger partial charge in [0.25, 0.3) is 0 Å². The molecule has 0 aliphatic rings. The summed E-state index contributed by atoms with van der Waals surface area (Å²) < 4.78 is 0. The van der Waals surface area contributed by atoms with E-state index in [4.69, 9.17) is 0 Å². The fourth-order valence-electron chi connectivity index (χ4n) is 1.44. The summed E-state index contributed by atoms with van der Waals surface area (Å²) in [6.07, 6.45) is 9.93. The van der Waals surface area contributed by atoms with E-state index in [2.05, 4.69) is 6.92 Å². The minimum Gasteiger partial charge on any atom is -0.893 e. The molecule has 0 aromatic heterocycles. The minimum atomic E-state index is -1.60. The first kappa shape index (κ1) is 94.3. The fraction of sp³-hybridized carbons (Fsp3) is 1.00. The molecule has 0 rings (SSSR count). The molecule has 20 N–H and O–H groups in total. The Hall–Kier alpha value is 1.58. The van der Waals surface area contributed by atoms with Gasteiger partial charge in [-0.3, -0.25) is 0 Å². The molecular weight excluding hydrogens is 369 g/mol. The summed E-state index contributed by atoms with van der Waals surface area (Å²) in [5, 5.41) is 20.3. The molecule has 0 saturated heterocycles. The van der Waals surface area contributed by atoms with Crippen molar-refractivity contribution in [3.63, 3.8) is 0 Å². The molecule has 0 atom stereocenters. The monoisotopic (exact) mass is 410 g/mol. The third-order valence-electron chi connectivity index (χ3n) is 2.29. The zero-order valence-electron chi connectivity index (χ0n) is 15.8. The third-order valence-corrected chi connectivity index (χ3v) is 2.29. The van der Waals surface area contributed by atoms with Crippen molar-refractivity contribution in [2.45, 2.75) is 64.6 Å². The maximum absolute atomic E-state index is 10.1. The summed E-state index contributed by atoms with van der Waals surface area (Å²) in [4.78, 5) is 0. The van der Waals surface area contributed by atoms with Crippen LogP contribution >= 0.6 is 0 Å². The molecule has 0 spiro atoms. The van der Waals surface area contributed by atoms with Crippen molar-refractivity contribution in [2.75, 3.05) is 0 Å². The molecule has 0 bridgehead atoms. The van der Waals surface area contributed by atoms with Gasteiger partial charge in [0.1, 0.15) is 0 Å². The third kappa shape index (κ3) is 106. The van der Waals surface area contributed by atoms with Gasteiger partial charge in [0.05, 0.1) is 0 Å².